The fourth-order valence-corrected chi connectivity index (χ4v) is 6.43. The lowest BCUT2D eigenvalue weighted by molar-refractivity contribution is -0.745. The molecule has 0 bridgehead atoms. The number of aromatic nitrogens is 4. The molecule has 5 rings (SSSR count). The molecule has 218 valence electrons. The third kappa shape index (κ3) is 6.47. The molecule has 41 heavy (non-hydrogen) atoms. The number of aliphatic hydroxyl groups excluding tert-OH is 2. The number of ether oxygens (including phenoxy) is 1. The minimum Gasteiger partial charge on any atom is -0.766 e. The zero-order valence-corrected chi connectivity index (χ0v) is 22.8. The molecule has 0 aliphatic carbocycles. The Hall–Kier alpha value is -3.27. The molecule has 4 aromatic rings. The van der Waals surface area contributed by atoms with E-state index in [0.717, 1.165) is 21.5 Å². The van der Waals surface area contributed by atoms with E-state index in [1.807, 2.05) is 54.6 Å². The van der Waals surface area contributed by atoms with Gasteiger partial charge in [0.05, 0.1) is 13.2 Å². The molecule has 3 heterocycles. The first-order valence-electron chi connectivity index (χ1n) is 12.1. The molecule has 1 fully saturated rings. The minimum atomic E-state index is -5.37. The average Bonchev–Trinajstić information content (AvgIpc) is 3.39. The summed E-state index contributed by atoms with van der Waals surface area (Å²) in [6.07, 6.45) is -4.62. The van der Waals surface area contributed by atoms with Crippen molar-refractivity contribution in [1.82, 2.24) is 19.4 Å². The van der Waals surface area contributed by atoms with E-state index >= 15 is 0 Å². The minimum absolute atomic E-state index is 0.0204. The van der Waals surface area contributed by atoms with Crippen LogP contribution in [0.3, 0.4) is 0 Å². The van der Waals surface area contributed by atoms with E-state index < -0.39 is 52.2 Å². The summed E-state index contributed by atoms with van der Waals surface area (Å²) in [4.78, 5) is 49.8. The monoisotopic (exact) mass is 608 g/mol. The van der Waals surface area contributed by atoms with Crippen molar-refractivity contribution in [2.24, 2.45) is 0 Å². The van der Waals surface area contributed by atoms with Crippen molar-refractivity contribution in [3.05, 3.63) is 76.8 Å². The van der Waals surface area contributed by atoms with Crippen molar-refractivity contribution in [3.8, 4) is 11.1 Å². The van der Waals surface area contributed by atoms with Crippen molar-refractivity contribution in [2.45, 2.75) is 31.1 Å². The van der Waals surface area contributed by atoms with Crippen LogP contribution in [0.25, 0.3) is 22.3 Å². The van der Waals surface area contributed by atoms with Crippen LogP contribution in [0.15, 0.2) is 65.7 Å². The van der Waals surface area contributed by atoms with Gasteiger partial charge in [0.2, 0.25) is 19.5 Å². The summed E-state index contributed by atoms with van der Waals surface area (Å²) in [5.41, 5.74) is 8.17. The fourth-order valence-electron chi connectivity index (χ4n) is 4.57. The quantitative estimate of drug-likeness (QED) is 0.0900. The highest BCUT2D eigenvalue weighted by Crippen LogP contribution is 2.47. The van der Waals surface area contributed by atoms with E-state index in [9.17, 15) is 33.9 Å². The highest BCUT2D eigenvalue weighted by atomic mass is 31.3. The van der Waals surface area contributed by atoms with Crippen LogP contribution in [0.2, 0.25) is 0 Å². The van der Waals surface area contributed by atoms with Crippen LogP contribution in [0, 0.1) is 0 Å². The van der Waals surface area contributed by atoms with Crippen LogP contribution >= 0.6 is 15.5 Å². The molecule has 8 N–H and O–H groups in total. The number of nitrogens with one attached hydrogen (secondary N) is 2. The van der Waals surface area contributed by atoms with Crippen molar-refractivity contribution in [2.75, 3.05) is 12.3 Å². The molecule has 1 aliphatic rings. The fraction of sp³-hybridized carbons (Fsp3) is 0.261. The Labute approximate surface area is 231 Å². The summed E-state index contributed by atoms with van der Waals surface area (Å²) in [7, 11) is -10.4. The molecule has 1 saturated heterocycles. The number of H-pyrrole nitrogens is 1. The van der Waals surface area contributed by atoms with Gasteiger partial charge in [-0.05, 0) is 16.7 Å². The predicted octanol–water partition coefficient (Wildman–Crippen LogP) is -0.904. The standard InChI is InChI=1S/C23H26N6O10P2/c24-23-25-20-17(21(32)26-23)28(10-13-6-8-15(9-7-13)14-4-2-1-3-5-14)12-29(20)22-19(31)18(30)16(39-22)11-38-41(36,37)27-40(33,34)35/h1-9,12,16,18-19,22,30-31H,10-11H2,(H6-,24,25,26,27,32,33,34,35,36,37)/t16-,18-,19-,22-/m1/s1. The third-order valence-electron chi connectivity index (χ3n) is 6.38. The van der Waals surface area contributed by atoms with Gasteiger partial charge in [0.15, 0.2) is 6.33 Å². The molecule has 18 heteroatoms. The number of nitrogen functional groups attached to an aromatic ring is 1. The number of hydrogen-bond acceptors (Lipinski definition) is 10. The normalized spacial score (nSPS) is 23.8. The van der Waals surface area contributed by atoms with Gasteiger partial charge in [-0.15, -0.1) is 0 Å². The van der Waals surface area contributed by atoms with E-state index in [-0.39, 0.29) is 23.7 Å². The van der Waals surface area contributed by atoms with Crippen LogP contribution in [0.1, 0.15) is 11.8 Å². The number of benzene rings is 2. The number of aromatic amines is 1. The van der Waals surface area contributed by atoms with Crippen molar-refractivity contribution in [3.63, 3.8) is 0 Å². The number of fused-ring (bicyclic) bond motifs is 1. The number of nitrogens with zero attached hydrogens (tertiary/aromatic N) is 3. The van der Waals surface area contributed by atoms with Crippen LogP contribution in [0.5, 0.6) is 0 Å². The molecule has 0 amide bonds. The first kappa shape index (κ1) is 29.2. The molecule has 2 unspecified atom stereocenters. The van der Waals surface area contributed by atoms with Gasteiger partial charge in [-0.1, -0.05) is 59.6 Å². The Morgan fingerprint density at radius 1 is 1.10 bits per heavy atom. The summed E-state index contributed by atoms with van der Waals surface area (Å²) in [6, 6.07) is 17.4. The van der Waals surface area contributed by atoms with E-state index in [2.05, 4.69) is 14.5 Å². The van der Waals surface area contributed by atoms with E-state index in [1.165, 1.54) is 10.9 Å². The lowest BCUT2D eigenvalue weighted by Crippen LogP contribution is -2.46. The van der Waals surface area contributed by atoms with Crippen LogP contribution < -0.4 is 25.6 Å². The number of hydrogen-bond donors (Lipinski definition) is 7. The number of rotatable bonds is 9. The van der Waals surface area contributed by atoms with Crippen LogP contribution in [-0.2, 0) is 24.9 Å². The number of anilines is 1. The van der Waals surface area contributed by atoms with E-state index in [0.29, 0.717) is 0 Å². The lowest BCUT2D eigenvalue weighted by Gasteiger charge is -2.22. The molecule has 0 saturated carbocycles. The zero-order valence-electron chi connectivity index (χ0n) is 21.0. The molecular weight excluding hydrogens is 582 g/mol. The van der Waals surface area contributed by atoms with Crippen LogP contribution in [0.4, 0.5) is 5.95 Å². The van der Waals surface area contributed by atoms with E-state index in [4.69, 9.17) is 15.4 Å². The zero-order chi connectivity index (χ0) is 29.5. The van der Waals surface area contributed by atoms with Crippen molar-refractivity contribution in [1.29, 1.82) is 0 Å². The Bertz CT molecular complexity index is 1710. The lowest BCUT2D eigenvalue weighted by atomic mass is 10.0. The molecule has 6 atom stereocenters. The van der Waals surface area contributed by atoms with Gasteiger partial charge in [-0.3, -0.25) is 23.4 Å². The van der Waals surface area contributed by atoms with E-state index in [1.54, 1.807) is 4.57 Å². The van der Waals surface area contributed by atoms with Gasteiger partial charge in [-0.2, -0.15) is 4.86 Å². The maximum Gasteiger partial charge on any atom is 0.409 e. The summed E-state index contributed by atoms with van der Waals surface area (Å²) in [6.45, 7) is -0.639. The Morgan fingerprint density at radius 3 is 2.41 bits per heavy atom. The molecule has 16 nitrogen and oxygen atoms in total. The summed E-state index contributed by atoms with van der Waals surface area (Å²) in [5.74, 6) is -0.215. The SMILES string of the molecule is Nc1nc2c(c(=O)[nH]1)n(Cc1ccc(-c3ccccc3)cc1)c[n+]2[C@@H]1O[C@H](COP(=O)(O)NP(=O)([O-])O)[C@@H](O)[C@H]1O. The second-order valence-corrected chi connectivity index (χ2v) is 12.5. The summed E-state index contributed by atoms with van der Waals surface area (Å²) >= 11 is 0. The molecular formula is C23H26N6O10P2. The highest BCUT2D eigenvalue weighted by molar-refractivity contribution is 7.65. The Balaban J connectivity index is 1.42. The maximum absolute atomic E-state index is 12.9. The second kappa shape index (κ2) is 11.2. The maximum atomic E-state index is 12.9. The number of nitrogens with two attached hydrogens (primary N) is 1. The van der Waals surface area contributed by atoms with Crippen molar-refractivity contribution < 1.29 is 47.9 Å². The first-order valence-corrected chi connectivity index (χ1v) is 15.2. The average molecular weight is 608 g/mol. The molecule has 1 aliphatic heterocycles. The molecule has 0 radical (unpaired) electrons. The highest BCUT2D eigenvalue weighted by Gasteiger charge is 2.48. The van der Waals surface area contributed by atoms with Crippen molar-refractivity contribution >= 4 is 32.6 Å². The number of aliphatic hydroxyl groups is 2. The summed E-state index contributed by atoms with van der Waals surface area (Å²) < 4.78 is 35.9. The molecule has 2 aromatic carbocycles. The second-order valence-electron chi connectivity index (χ2n) is 9.32. The van der Waals surface area contributed by atoms with Crippen LogP contribution in [-0.4, -0.2) is 59.5 Å². The molecule has 0 spiro atoms. The number of imidazole rings is 1. The topological polar surface area (TPSA) is 249 Å². The van der Waals surface area contributed by atoms with Gasteiger partial charge >= 0.3 is 13.4 Å². The molecule has 2 aromatic heterocycles. The van der Waals surface area contributed by atoms with Gasteiger partial charge in [0, 0.05) is 0 Å². The van der Waals surface area contributed by atoms with Gasteiger partial charge < -0.3 is 35.4 Å². The predicted molar refractivity (Wildman–Crippen MR) is 141 cm³/mol. The van der Waals surface area contributed by atoms with Gasteiger partial charge in [0.25, 0.3) is 11.5 Å². The summed E-state index contributed by atoms with van der Waals surface area (Å²) in [5, 5.41) is 21.3. The Morgan fingerprint density at radius 2 is 1.76 bits per heavy atom. The van der Waals surface area contributed by atoms with Gasteiger partial charge in [0.1, 0.15) is 18.3 Å². The Kier molecular flexibility index (Phi) is 7.98. The van der Waals surface area contributed by atoms with Gasteiger partial charge in [-0.25, -0.2) is 9.13 Å². The first-order chi connectivity index (χ1) is 19.3. The smallest absolute Gasteiger partial charge is 0.409 e. The largest absolute Gasteiger partial charge is 0.766 e. The third-order valence-corrected chi connectivity index (χ3v) is 8.90.